The molecule has 48 heavy (non-hydrogen) atoms. The summed E-state index contributed by atoms with van der Waals surface area (Å²) in [6.07, 6.45) is 2.41. The Morgan fingerprint density at radius 3 is 2.48 bits per heavy atom. The van der Waals surface area contributed by atoms with Gasteiger partial charge in [0.15, 0.2) is 12.1 Å². The molecule has 1 aromatic rings. The number of hydrogen-bond donors (Lipinski definition) is 1. The van der Waals surface area contributed by atoms with Crippen molar-refractivity contribution in [3.8, 4) is 0 Å². The number of esters is 1. The van der Waals surface area contributed by atoms with Crippen LogP contribution in [0.4, 0.5) is 0 Å². The lowest BCUT2D eigenvalue weighted by molar-refractivity contribution is -0.295. The molecule has 272 valence electrons. The molecule has 1 N–H and O–H groups in total. The zero-order valence-corrected chi connectivity index (χ0v) is 30.8. The predicted molar refractivity (Wildman–Crippen MR) is 182 cm³/mol. The number of nitrogens with zero attached hydrogens (tertiary/aromatic N) is 4. The Bertz CT molecular complexity index is 1200. The van der Waals surface area contributed by atoms with E-state index in [2.05, 4.69) is 23.9 Å². The molecule has 0 radical (unpaired) electrons. The summed E-state index contributed by atoms with van der Waals surface area (Å²) in [6.45, 7) is 13.0. The molecule has 2 saturated heterocycles. The number of hydrogen-bond acceptors (Lipinski definition) is 11. The normalized spacial score (nSPS) is 33.7. The Morgan fingerprint density at radius 1 is 1.15 bits per heavy atom. The maximum absolute atomic E-state index is 14.3. The van der Waals surface area contributed by atoms with E-state index in [4.69, 9.17) is 18.9 Å². The molecular weight excluding hydrogens is 616 g/mol. The topological polar surface area (TPSA) is 131 Å². The summed E-state index contributed by atoms with van der Waals surface area (Å²) in [6, 6.07) is 3.46. The monoisotopic (exact) mass is 676 g/mol. The lowest BCUT2D eigenvalue weighted by Gasteiger charge is -2.47. The molecule has 12 nitrogen and oxygen atoms in total. The molecule has 3 heterocycles. The molecule has 0 aliphatic carbocycles. The number of rotatable bonds is 6. The van der Waals surface area contributed by atoms with Crippen LogP contribution < -0.4 is 0 Å². The number of cyclic esters (lactones) is 1. The highest BCUT2D eigenvalue weighted by Crippen LogP contribution is 2.38. The minimum Gasteiger partial charge on any atom is -0.463 e. The number of amides is 1. The van der Waals surface area contributed by atoms with Gasteiger partial charge in [-0.1, -0.05) is 19.9 Å². The van der Waals surface area contributed by atoms with Gasteiger partial charge < -0.3 is 38.8 Å². The molecule has 0 spiro atoms. The number of aliphatic hydroxyl groups excluding tert-OH is 1. The summed E-state index contributed by atoms with van der Waals surface area (Å²) in [5.41, 5.74) is -1.69. The molecule has 2 aliphatic heterocycles. The van der Waals surface area contributed by atoms with Crippen LogP contribution in [0.2, 0.25) is 0 Å². The molecule has 0 unspecified atom stereocenters. The lowest BCUT2D eigenvalue weighted by Crippen LogP contribution is -2.59. The lowest BCUT2D eigenvalue weighted by atomic mass is 9.74. The first-order chi connectivity index (χ1) is 22.5. The molecule has 12 heteroatoms. The van der Waals surface area contributed by atoms with E-state index in [9.17, 15) is 19.5 Å². The molecule has 8 atom stereocenters. The molecule has 0 aromatic carbocycles. The van der Waals surface area contributed by atoms with Crippen LogP contribution in [-0.4, -0.2) is 140 Å². The number of methoxy groups -OCH3 is 1. The smallest absolute Gasteiger partial charge is 0.319 e. The van der Waals surface area contributed by atoms with Crippen molar-refractivity contribution in [3.63, 3.8) is 0 Å². The van der Waals surface area contributed by atoms with Crippen molar-refractivity contribution in [2.45, 2.75) is 103 Å². The highest BCUT2D eigenvalue weighted by atomic mass is 16.7. The fourth-order valence-corrected chi connectivity index (χ4v) is 7.20. The minimum atomic E-state index is -1.52. The van der Waals surface area contributed by atoms with Gasteiger partial charge in [-0.15, -0.1) is 0 Å². The number of carbonyl (C=O) groups is 3. The largest absolute Gasteiger partial charge is 0.463 e. The van der Waals surface area contributed by atoms with Gasteiger partial charge in [-0.2, -0.15) is 0 Å². The van der Waals surface area contributed by atoms with Gasteiger partial charge in [-0.3, -0.25) is 19.4 Å². The number of aromatic nitrogens is 1. The molecular formula is C36H60N4O8. The van der Waals surface area contributed by atoms with Crippen molar-refractivity contribution in [1.82, 2.24) is 19.7 Å². The molecule has 0 bridgehead atoms. The van der Waals surface area contributed by atoms with Crippen LogP contribution in [0.1, 0.15) is 66.4 Å². The van der Waals surface area contributed by atoms with Crippen LogP contribution in [0.3, 0.4) is 0 Å². The average molecular weight is 677 g/mol. The molecule has 0 saturated carbocycles. The van der Waals surface area contributed by atoms with Crippen molar-refractivity contribution in [2.75, 3.05) is 61.0 Å². The number of Topliss-reactive ketones (excluding diaryl/α,β-unsaturated/α-hetero) is 1. The molecule has 1 amide bonds. The maximum atomic E-state index is 14.3. The van der Waals surface area contributed by atoms with E-state index >= 15 is 0 Å². The second-order valence-electron chi connectivity index (χ2n) is 14.9. The fraction of sp³-hybridized carbons (Fsp3) is 0.778. The van der Waals surface area contributed by atoms with E-state index in [0.29, 0.717) is 19.4 Å². The standard InChI is InChI=1S/C36H60N4O8/c1-24-21-36(6,45-10)32(48-33-30(42)28(38(7)8)19-25(2)47-33)26(3)31(43)35(4,5)34(44)46-18-17-40(16-12-15-39(9)23-24)29(41)20-27-13-11-14-37-22-27/h11,13-14,22,24-26,28,30,32-33,42H,12,15-21,23H2,1-10H3/t24-,25-,26+,28+,30-,32-,33+,36-/m1/s1. The van der Waals surface area contributed by atoms with Gasteiger partial charge in [0.2, 0.25) is 5.91 Å². The summed E-state index contributed by atoms with van der Waals surface area (Å²) >= 11 is 0. The molecule has 3 rings (SSSR count). The maximum Gasteiger partial charge on any atom is 0.319 e. The SMILES string of the molecule is CO[C@]1(C)C[C@@H](C)CN(C)CCCN(C(=O)Cc2cccnc2)CCOC(=O)C(C)(C)C(=O)[C@H](C)[C@H]1O[C@@H]1O[C@H](C)C[C@H](N(C)C)[C@H]1O. The van der Waals surface area contributed by atoms with Crippen LogP contribution in [0.5, 0.6) is 0 Å². The van der Waals surface area contributed by atoms with E-state index in [1.165, 1.54) is 0 Å². The zero-order valence-electron chi connectivity index (χ0n) is 30.8. The molecule has 2 fully saturated rings. The van der Waals surface area contributed by atoms with Crippen LogP contribution in [-0.2, 0) is 39.8 Å². The highest BCUT2D eigenvalue weighted by Gasteiger charge is 2.51. The van der Waals surface area contributed by atoms with Gasteiger partial charge in [-0.05, 0) is 92.2 Å². The van der Waals surface area contributed by atoms with Crippen molar-refractivity contribution in [1.29, 1.82) is 0 Å². The summed E-state index contributed by atoms with van der Waals surface area (Å²) in [7, 11) is 7.47. The predicted octanol–water partition coefficient (Wildman–Crippen LogP) is 2.81. The van der Waals surface area contributed by atoms with E-state index in [0.717, 1.165) is 25.1 Å². The van der Waals surface area contributed by atoms with Crippen LogP contribution in [0.15, 0.2) is 24.5 Å². The number of aliphatic hydroxyl groups is 1. The zero-order chi connectivity index (χ0) is 35.8. The second kappa shape index (κ2) is 17.4. The van der Waals surface area contributed by atoms with E-state index in [1.54, 1.807) is 51.2 Å². The van der Waals surface area contributed by atoms with Gasteiger partial charge >= 0.3 is 5.97 Å². The van der Waals surface area contributed by atoms with Crippen molar-refractivity contribution in [2.24, 2.45) is 17.3 Å². The first-order valence-corrected chi connectivity index (χ1v) is 17.3. The van der Waals surface area contributed by atoms with Crippen LogP contribution >= 0.6 is 0 Å². The first kappa shape index (κ1) is 40.0. The first-order valence-electron chi connectivity index (χ1n) is 17.3. The number of pyridine rings is 1. The van der Waals surface area contributed by atoms with Crippen molar-refractivity contribution in [3.05, 3.63) is 30.1 Å². The third-order valence-electron chi connectivity index (χ3n) is 9.99. The Hall–Kier alpha value is -2.48. The van der Waals surface area contributed by atoms with Crippen molar-refractivity contribution >= 4 is 17.7 Å². The molecule has 2 aliphatic rings. The van der Waals surface area contributed by atoms with E-state index in [1.807, 2.05) is 38.9 Å². The molecule has 1 aromatic heterocycles. The number of ketones is 1. The fourth-order valence-electron chi connectivity index (χ4n) is 7.20. The van der Waals surface area contributed by atoms with Gasteiger partial charge in [-0.25, -0.2) is 0 Å². The minimum absolute atomic E-state index is 0.0444. The quantitative estimate of drug-likeness (QED) is 0.353. The number of likely N-dealkylation sites (N-methyl/N-ethyl adjacent to an activating group) is 1. The van der Waals surface area contributed by atoms with Gasteiger partial charge in [0.1, 0.15) is 18.1 Å². The average Bonchev–Trinajstić information content (AvgIpc) is 3.02. The number of ether oxygens (including phenoxy) is 4. The Kier molecular flexibility index (Phi) is 14.5. The summed E-state index contributed by atoms with van der Waals surface area (Å²) < 4.78 is 24.7. The second-order valence-corrected chi connectivity index (χ2v) is 14.9. The van der Waals surface area contributed by atoms with Gasteiger partial charge in [0, 0.05) is 44.6 Å². The van der Waals surface area contributed by atoms with Crippen LogP contribution in [0, 0.1) is 17.3 Å². The Labute approximate surface area is 287 Å². The Morgan fingerprint density at radius 2 is 1.85 bits per heavy atom. The third-order valence-corrected chi connectivity index (χ3v) is 9.99. The summed E-state index contributed by atoms with van der Waals surface area (Å²) in [4.78, 5) is 51.2. The Balaban J connectivity index is 1.92. The van der Waals surface area contributed by atoms with E-state index in [-0.39, 0.29) is 49.3 Å². The highest BCUT2D eigenvalue weighted by molar-refractivity contribution is 6.04. The van der Waals surface area contributed by atoms with Gasteiger partial charge in [0.25, 0.3) is 0 Å². The van der Waals surface area contributed by atoms with Crippen molar-refractivity contribution < 1.29 is 38.4 Å². The number of carbonyl (C=O) groups excluding carboxylic acids is 3. The van der Waals surface area contributed by atoms with E-state index < -0.39 is 41.4 Å². The summed E-state index contributed by atoms with van der Waals surface area (Å²) in [5.74, 6) is -1.84. The van der Waals surface area contributed by atoms with Gasteiger partial charge in [0.05, 0.1) is 30.8 Å². The summed E-state index contributed by atoms with van der Waals surface area (Å²) in [5, 5.41) is 11.3. The van der Waals surface area contributed by atoms with Crippen LogP contribution in [0.25, 0.3) is 0 Å². The third kappa shape index (κ3) is 10.3.